The van der Waals surface area contributed by atoms with Crippen molar-refractivity contribution in [2.24, 2.45) is 10.3 Å². The number of carbonyl (C=O) groups excluding carboxylic acids is 1. The third-order valence-electron chi connectivity index (χ3n) is 2.48. The van der Waals surface area contributed by atoms with Crippen molar-refractivity contribution in [1.82, 2.24) is 0 Å². The monoisotopic (exact) mass is 250 g/mol. The molecule has 1 heterocycles. The molecule has 2 rings (SSSR count). The van der Waals surface area contributed by atoms with Crippen molar-refractivity contribution in [1.29, 1.82) is 0 Å². The van der Waals surface area contributed by atoms with Gasteiger partial charge in [0.05, 0.1) is 24.3 Å². The van der Waals surface area contributed by atoms with Crippen molar-refractivity contribution in [2.75, 3.05) is 18.7 Å². The van der Waals surface area contributed by atoms with Crippen LogP contribution in [0, 0.1) is 10.1 Å². The van der Waals surface area contributed by atoms with Gasteiger partial charge in [-0.1, -0.05) is 5.22 Å². The second-order valence-electron chi connectivity index (χ2n) is 3.60. The number of hydrogen-bond acceptors (Lipinski definition) is 7. The number of ether oxygens (including phenoxy) is 1. The van der Waals surface area contributed by atoms with Gasteiger partial charge < -0.3 is 4.74 Å². The Hall–Kier alpha value is -2.51. The van der Waals surface area contributed by atoms with Gasteiger partial charge in [-0.05, 0) is 12.1 Å². The Morgan fingerprint density at radius 1 is 1.50 bits per heavy atom. The third kappa shape index (κ3) is 2.26. The normalized spacial score (nSPS) is 17.8. The summed E-state index contributed by atoms with van der Waals surface area (Å²) < 4.78 is 4.56. The largest absolute Gasteiger partial charge is 0.467 e. The van der Waals surface area contributed by atoms with Crippen molar-refractivity contribution < 1.29 is 14.5 Å². The molecule has 0 radical (unpaired) electrons. The molecule has 0 aliphatic carbocycles. The van der Waals surface area contributed by atoms with E-state index >= 15 is 0 Å². The van der Waals surface area contributed by atoms with Crippen molar-refractivity contribution >= 4 is 17.3 Å². The Bertz CT molecular complexity index is 499. The van der Waals surface area contributed by atoms with Crippen LogP contribution in [0.3, 0.4) is 0 Å². The molecule has 1 aromatic carbocycles. The highest BCUT2D eigenvalue weighted by molar-refractivity contribution is 5.77. The minimum absolute atomic E-state index is 0.000552. The number of rotatable bonds is 3. The topological polar surface area (TPSA) is 97.4 Å². The zero-order valence-corrected chi connectivity index (χ0v) is 9.52. The molecule has 94 valence electrons. The molecule has 8 heteroatoms. The van der Waals surface area contributed by atoms with Gasteiger partial charge in [-0.3, -0.25) is 10.1 Å². The fraction of sp³-hybridized carbons (Fsp3) is 0.300. The number of anilines is 1. The Morgan fingerprint density at radius 2 is 2.17 bits per heavy atom. The number of hydrogen-bond donors (Lipinski definition) is 0. The van der Waals surface area contributed by atoms with Crippen molar-refractivity contribution in [2.45, 2.75) is 6.04 Å². The molecule has 0 amide bonds. The van der Waals surface area contributed by atoms with Gasteiger partial charge in [-0.2, -0.15) is 5.11 Å². The zero-order valence-electron chi connectivity index (χ0n) is 9.52. The van der Waals surface area contributed by atoms with Crippen LogP contribution in [0.5, 0.6) is 0 Å². The first kappa shape index (κ1) is 12.0. The maximum Gasteiger partial charge on any atom is 0.334 e. The molecule has 0 saturated heterocycles. The summed E-state index contributed by atoms with van der Waals surface area (Å²) in [5, 5.41) is 19.6. The summed E-state index contributed by atoms with van der Waals surface area (Å²) in [6.45, 7) is 0.268. The maximum atomic E-state index is 11.2. The molecule has 0 spiro atoms. The number of benzene rings is 1. The molecule has 1 unspecified atom stereocenters. The number of nitro groups is 1. The quantitative estimate of drug-likeness (QED) is 0.457. The average molecular weight is 250 g/mol. The molecule has 1 atom stereocenters. The Kier molecular flexibility index (Phi) is 3.18. The molecule has 1 aromatic rings. The first-order chi connectivity index (χ1) is 8.61. The maximum absolute atomic E-state index is 11.2. The van der Waals surface area contributed by atoms with E-state index in [4.69, 9.17) is 0 Å². The van der Waals surface area contributed by atoms with Gasteiger partial charge in [0.15, 0.2) is 6.04 Å². The van der Waals surface area contributed by atoms with Crippen molar-refractivity contribution in [3.63, 3.8) is 0 Å². The zero-order chi connectivity index (χ0) is 13.1. The van der Waals surface area contributed by atoms with Crippen LogP contribution in [0.25, 0.3) is 0 Å². The van der Waals surface area contributed by atoms with Gasteiger partial charge in [-0.25, -0.2) is 9.80 Å². The lowest BCUT2D eigenvalue weighted by atomic mass is 10.2. The molecular weight excluding hydrogens is 240 g/mol. The van der Waals surface area contributed by atoms with Crippen LogP contribution in [-0.2, 0) is 9.53 Å². The molecule has 0 fully saturated rings. The van der Waals surface area contributed by atoms with Gasteiger partial charge in [0.1, 0.15) is 0 Å². The smallest absolute Gasteiger partial charge is 0.334 e. The molecule has 1 aliphatic rings. The van der Waals surface area contributed by atoms with E-state index in [1.807, 2.05) is 0 Å². The first-order valence-electron chi connectivity index (χ1n) is 5.12. The summed E-state index contributed by atoms with van der Waals surface area (Å²) in [7, 11) is 1.28. The summed E-state index contributed by atoms with van der Waals surface area (Å²) in [6, 6.07) is 5.20. The van der Waals surface area contributed by atoms with E-state index in [1.54, 1.807) is 12.1 Å². The number of methoxy groups -OCH3 is 1. The van der Waals surface area contributed by atoms with E-state index in [-0.39, 0.29) is 12.2 Å². The Balaban J connectivity index is 2.08. The second-order valence-corrected chi connectivity index (χ2v) is 3.60. The Morgan fingerprint density at radius 3 is 2.72 bits per heavy atom. The first-order valence-corrected chi connectivity index (χ1v) is 5.12. The molecule has 0 N–H and O–H groups in total. The average Bonchev–Trinajstić information content (AvgIpc) is 2.87. The van der Waals surface area contributed by atoms with E-state index in [1.165, 1.54) is 24.3 Å². The van der Waals surface area contributed by atoms with Gasteiger partial charge >= 0.3 is 5.97 Å². The summed E-state index contributed by atoms with van der Waals surface area (Å²) in [5.41, 5.74) is 0.634. The summed E-state index contributed by atoms with van der Waals surface area (Å²) in [4.78, 5) is 21.3. The van der Waals surface area contributed by atoms with Crippen LogP contribution in [0.15, 0.2) is 34.6 Å². The fourth-order valence-corrected chi connectivity index (χ4v) is 1.52. The summed E-state index contributed by atoms with van der Waals surface area (Å²) >= 11 is 0. The SMILES string of the molecule is COC(=O)C1CN(c2ccc([N+](=O)[O-])cc2)N=N1. The number of nitro benzene ring substituents is 1. The van der Waals surface area contributed by atoms with Crippen LogP contribution < -0.4 is 5.01 Å². The summed E-state index contributed by atoms with van der Waals surface area (Å²) in [5.74, 6) is -0.455. The lowest BCUT2D eigenvalue weighted by Crippen LogP contribution is -2.27. The highest BCUT2D eigenvalue weighted by atomic mass is 16.6. The van der Waals surface area contributed by atoms with E-state index in [0.717, 1.165) is 0 Å². The number of esters is 1. The van der Waals surface area contributed by atoms with Crippen LogP contribution in [0.2, 0.25) is 0 Å². The molecule has 0 saturated carbocycles. The summed E-state index contributed by atoms with van der Waals surface area (Å²) in [6.07, 6.45) is 0. The number of non-ortho nitro benzene ring substituents is 1. The van der Waals surface area contributed by atoms with E-state index in [0.29, 0.717) is 5.69 Å². The minimum Gasteiger partial charge on any atom is -0.467 e. The molecular formula is C10H10N4O4. The molecule has 1 aliphatic heterocycles. The minimum atomic E-state index is -0.648. The van der Waals surface area contributed by atoms with E-state index < -0.39 is 16.9 Å². The van der Waals surface area contributed by atoms with E-state index in [9.17, 15) is 14.9 Å². The predicted molar refractivity (Wildman–Crippen MR) is 61.1 cm³/mol. The molecule has 0 bridgehead atoms. The van der Waals surface area contributed by atoms with Crippen molar-refractivity contribution in [3.05, 3.63) is 34.4 Å². The lowest BCUT2D eigenvalue weighted by molar-refractivity contribution is -0.384. The van der Waals surface area contributed by atoms with E-state index in [2.05, 4.69) is 15.1 Å². The van der Waals surface area contributed by atoms with Crippen molar-refractivity contribution in [3.8, 4) is 0 Å². The predicted octanol–water partition coefficient (Wildman–Crippen LogP) is 1.32. The van der Waals surface area contributed by atoms with Gasteiger partial charge in [0.2, 0.25) is 0 Å². The standard InChI is InChI=1S/C10H10N4O4/c1-18-10(15)9-6-13(12-11-9)7-2-4-8(5-3-7)14(16)17/h2-5,9H,6H2,1H3. The second kappa shape index (κ2) is 4.78. The van der Waals surface area contributed by atoms with Crippen LogP contribution >= 0.6 is 0 Å². The van der Waals surface area contributed by atoms with Crippen LogP contribution in [-0.4, -0.2) is 30.6 Å². The number of carbonyl (C=O) groups is 1. The highest BCUT2D eigenvalue weighted by Gasteiger charge is 2.27. The van der Waals surface area contributed by atoms with Gasteiger partial charge in [0.25, 0.3) is 5.69 Å². The Labute approximate surface area is 102 Å². The van der Waals surface area contributed by atoms with Crippen LogP contribution in [0.1, 0.15) is 0 Å². The van der Waals surface area contributed by atoms with Gasteiger partial charge in [0, 0.05) is 12.1 Å². The molecule has 18 heavy (non-hydrogen) atoms. The van der Waals surface area contributed by atoms with Crippen LogP contribution in [0.4, 0.5) is 11.4 Å². The fourth-order valence-electron chi connectivity index (χ4n) is 1.52. The lowest BCUT2D eigenvalue weighted by Gasteiger charge is -2.12. The number of nitrogens with zero attached hydrogens (tertiary/aromatic N) is 4. The third-order valence-corrected chi connectivity index (χ3v) is 2.48. The molecule has 0 aromatic heterocycles. The highest BCUT2D eigenvalue weighted by Crippen LogP contribution is 2.23. The molecule has 8 nitrogen and oxygen atoms in total. The van der Waals surface area contributed by atoms with Gasteiger partial charge in [-0.15, -0.1) is 0 Å².